The number of rotatable bonds is 4. The molecule has 108 valence electrons. The summed E-state index contributed by atoms with van der Waals surface area (Å²) in [6.45, 7) is 0. The van der Waals surface area contributed by atoms with Crippen molar-refractivity contribution >= 4 is 10.9 Å². The van der Waals surface area contributed by atoms with E-state index in [2.05, 4.69) is 4.98 Å². The molecule has 0 amide bonds. The molecule has 2 rings (SSSR count). The van der Waals surface area contributed by atoms with Gasteiger partial charge in [0, 0.05) is 29.9 Å². The number of nitrogens with one attached hydrogen (secondary N) is 1. The first kappa shape index (κ1) is 14.9. The van der Waals surface area contributed by atoms with Gasteiger partial charge < -0.3 is 4.98 Å². The molecule has 0 aliphatic rings. The highest BCUT2D eigenvalue weighted by molar-refractivity contribution is 5.83. The normalized spacial score (nSPS) is 12.0. The Kier molecular flexibility index (Phi) is 3.90. The Bertz CT molecular complexity index is 702. The molecule has 0 bridgehead atoms. The maximum absolute atomic E-state index is 12.4. The number of para-hydroxylation sites is 1. The highest BCUT2D eigenvalue weighted by Crippen LogP contribution is 2.34. The maximum Gasteiger partial charge on any atom is 0.389 e. The van der Waals surface area contributed by atoms with E-state index >= 15 is 0 Å². The Hall–Kier alpha value is -2.47. The average molecular weight is 291 g/mol. The molecule has 1 aromatic heterocycles. The van der Waals surface area contributed by atoms with Crippen molar-refractivity contribution in [3.8, 4) is 12.1 Å². The second-order valence-corrected chi connectivity index (χ2v) is 4.96. The fraction of sp³-hybridized carbons (Fsp3) is 0.333. The number of aromatic amines is 1. The number of H-pyrrole nitrogens is 1. The third kappa shape index (κ3) is 3.35. The molecule has 21 heavy (non-hydrogen) atoms. The summed E-state index contributed by atoms with van der Waals surface area (Å²) in [6, 6.07) is 10.8. The van der Waals surface area contributed by atoms with Crippen LogP contribution in [0.1, 0.15) is 18.4 Å². The summed E-state index contributed by atoms with van der Waals surface area (Å²) in [7, 11) is 0. The van der Waals surface area contributed by atoms with E-state index in [0.717, 1.165) is 10.9 Å². The van der Waals surface area contributed by atoms with Crippen LogP contribution in [-0.2, 0) is 6.42 Å². The van der Waals surface area contributed by atoms with E-state index in [9.17, 15) is 23.7 Å². The molecule has 3 nitrogen and oxygen atoms in total. The molecule has 0 saturated carbocycles. The first-order valence-electron chi connectivity index (χ1n) is 6.33. The number of alkyl halides is 3. The van der Waals surface area contributed by atoms with E-state index in [-0.39, 0.29) is 6.42 Å². The van der Waals surface area contributed by atoms with E-state index in [4.69, 9.17) is 0 Å². The average Bonchev–Trinajstić information content (AvgIpc) is 2.86. The van der Waals surface area contributed by atoms with Gasteiger partial charge in [0.15, 0.2) is 0 Å². The molecule has 1 aromatic carbocycles. The van der Waals surface area contributed by atoms with Crippen LogP contribution in [0.15, 0.2) is 30.5 Å². The molecule has 0 saturated heterocycles. The molecule has 0 radical (unpaired) electrons. The Labute approximate surface area is 119 Å². The summed E-state index contributed by atoms with van der Waals surface area (Å²) < 4.78 is 37.1. The molecular weight excluding hydrogens is 279 g/mol. The smallest absolute Gasteiger partial charge is 0.361 e. The van der Waals surface area contributed by atoms with Crippen molar-refractivity contribution in [2.45, 2.75) is 25.4 Å². The molecule has 0 spiro atoms. The van der Waals surface area contributed by atoms with Crippen molar-refractivity contribution in [2.24, 2.45) is 5.41 Å². The zero-order chi connectivity index (χ0) is 15.5. The number of hydrogen-bond donors (Lipinski definition) is 1. The molecule has 0 aliphatic carbocycles. The Morgan fingerprint density at radius 1 is 1.05 bits per heavy atom. The van der Waals surface area contributed by atoms with E-state index in [1.807, 2.05) is 18.2 Å². The van der Waals surface area contributed by atoms with Crippen LogP contribution in [0, 0.1) is 28.1 Å². The summed E-state index contributed by atoms with van der Waals surface area (Å²) in [6.07, 6.45) is -4.43. The summed E-state index contributed by atoms with van der Waals surface area (Å²) >= 11 is 0. The Balaban J connectivity index is 2.28. The molecule has 0 unspecified atom stereocenters. The molecule has 6 heteroatoms. The number of benzene rings is 1. The number of nitriles is 2. The highest BCUT2D eigenvalue weighted by atomic mass is 19.4. The molecule has 1 N–H and O–H groups in total. The van der Waals surface area contributed by atoms with Gasteiger partial charge in [-0.1, -0.05) is 18.2 Å². The summed E-state index contributed by atoms with van der Waals surface area (Å²) in [5.74, 6) is 0. The SMILES string of the molecule is N#CC(C#N)(CCC(F)(F)F)Cc1c[nH]c2ccccc12. The van der Waals surface area contributed by atoms with Crippen LogP contribution in [0.25, 0.3) is 10.9 Å². The van der Waals surface area contributed by atoms with Crippen molar-refractivity contribution < 1.29 is 13.2 Å². The van der Waals surface area contributed by atoms with Gasteiger partial charge in [0.25, 0.3) is 0 Å². The third-order valence-corrected chi connectivity index (χ3v) is 3.43. The van der Waals surface area contributed by atoms with Crippen molar-refractivity contribution in [1.29, 1.82) is 10.5 Å². The zero-order valence-electron chi connectivity index (χ0n) is 11.0. The monoisotopic (exact) mass is 291 g/mol. The molecule has 0 atom stereocenters. The van der Waals surface area contributed by atoms with Gasteiger partial charge in [-0.3, -0.25) is 0 Å². The number of aromatic nitrogens is 1. The number of halogens is 3. The van der Waals surface area contributed by atoms with E-state index in [1.165, 1.54) is 0 Å². The Morgan fingerprint density at radius 3 is 2.33 bits per heavy atom. The number of nitrogens with zero attached hydrogens (tertiary/aromatic N) is 2. The second kappa shape index (κ2) is 5.49. The minimum atomic E-state index is -4.38. The predicted molar refractivity (Wildman–Crippen MR) is 71.0 cm³/mol. The lowest BCUT2D eigenvalue weighted by Gasteiger charge is -2.19. The first-order chi connectivity index (χ1) is 9.89. The van der Waals surface area contributed by atoms with E-state index in [1.54, 1.807) is 24.4 Å². The number of fused-ring (bicyclic) bond motifs is 1. The highest BCUT2D eigenvalue weighted by Gasteiger charge is 2.37. The minimum Gasteiger partial charge on any atom is -0.361 e. The number of hydrogen-bond acceptors (Lipinski definition) is 2. The summed E-state index contributed by atoms with van der Waals surface area (Å²) in [5.41, 5.74) is -0.163. The fourth-order valence-corrected chi connectivity index (χ4v) is 2.26. The van der Waals surface area contributed by atoms with Gasteiger partial charge in [-0.25, -0.2) is 0 Å². The van der Waals surface area contributed by atoms with Gasteiger partial charge >= 0.3 is 6.18 Å². The van der Waals surface area contributed by atoms with Crippen LogP contribution in [-0.4, -0.2) is 11.2 Å². The molecule has 1 heterocycles. The quantitative estimate of drug-likeness (QED) is 0.922. The van der Waals surface area contributed by atoms with Crippen molar-refractivity contribution in [1.82, 2.24) is 4.98 Å². The minimum absolute atomic E-state index is 0.0277. The molecule has 0 aliphatic heterocycles. The topological polar surface area (TPSA) is 63.4 Å². The van der Waals surface area contributed by atoms with Crippen LogP contribution in [0.3, 0.4) is 0 Å². The van der Waals surface area contributed by atoms with Gasteiger partial charge in [-0.2, -0.15) is 23.7 Å². The van der Waals surface area contributed by atoms with E-state index in [0.29, 0.717) is 5.56 Å². The van der Waals surface area contributed by atoms with Crippen molar-refractivity contribution in [2.75, 3.05) is 0 Å². The third-order valence-electron chi connectivity index (χ3n) is 3.43. The van der Waals surface area contributed by atoms with Crippen LogP contribution in [0.2, 0.25) is 0 Å². The molecule has 0 fully saturated rings. The van der Waals surface area contributed by atoms with Gasteiger partial charge in [-0.05, 0) is 18.1 Å². The van der Waals surface area contributed by atoms with Crippen molar-refractivity contribution in [3.05, 3.63) is 36.0 Å². The lowest BCUT2D eigenvalue weighted by molar-refractivity contribution is -0.138. The lowest BCUT2D eigenvalue weighted by atomic mass is 9.80. The molecular formula is C15H12F3N3. The van der Waals surface area contributed by atoms with Crippen LogP contribution in [0.5, 0.6) is 0 Å². The Morgan fingerprint density at radius 2 is 1.71 bits per heavy atom. The van der Waals surface area contributed by atoms with Crippen LogP contribution >= 0.6 is 0 Å². The van der Waals surface area contributed by atoms with Gasteiger partial charge in [0.1, 0.15) is 5.41 Å². The van der Waals surface area contributed by atoms with Crippen LogP contribution < -0.4 is 0 Å². The molecule has 2 aromatic rings. The fourth-order valence-electron chi connectivity index (χ4n) is 2.26. The standard InChI is InChI=1S/C15H12F3N3/c16-15(17,18)6-5-14(9-19,10-20)7-11-8-21-13-4-2-1-3-12(11)13/h1-4,8,21H,5-7H2. The van der Waals surface area contributed by atoms with Gasteiger partial charge in [0.05, 0.1) is 12.1 Å². The summed E-state index contributed by atoms with van der Waals surface area (Å²) in [4.78, 5) is 2.99. The van der Waals surface area contributed by atoms with Gasteiger partial charge in [0.2, 0.25) is 0 Å². The lowest BCUT2D eigenvalue weighted by Crippen LogP contribution is -2.23. The van der Waals surface area contributed by atoms with Gasteiger partial charge in [-0.15, -0.1) is 0 Å². The van der Waals surface area contributed by atoms with Crippen LogP contribution in [0.4, 0.5) is 13.2 Å². The second-order valence-electron chi connectivity index (χ2n) is 4.96. The largest absolute Gasteiger partial charge is 0.389 e. The summed E-state index contributed by atoms with van der Waals surface area (Å²) in [5, 5.41) is 19.2. The van der Waals surface area contributed by atoms with E-state index < -0.39 is 24.4 Å². The predicted octanol–water partition coefficient (Wildman–Crippen LogP) is 4.09. The van der Waals surface area contributed by atoms with Crippen molar-refractivity contribution in [3.63, 3.8) is 0 Å². The maximum atomic E-state index is 12.4. The first-order valence-corrected chi connectivity index (χ1v) is 6.33. The zero-order valence-corrected chi connectivity index (χ0v) is 11.0.